The zero-order chi connectivity index (χ0) is 10.3. The first kappa shape index (κ1) is 11.0. The second-order valence-electron chi connectivity index (χ2n) is 3.86. The molecule has 86 valence electrons. The number of hydrogen-bond acceptors (Lipinski definition) is 4. The van der Waals surface area contributed by atoms with E-state index in [1.165, 1.54) is 0 Å². The van der Waals surface area contributed by atoms with Crippen molar-refractivity contribution in [2.24, 2.45) is 0 Å². The lowest BCUT2D eigenvalue weighted by Gasteiger charge is -2.12. The second-order valence-corrected chi connectivity index (χ2v) is 3.86. The van der Waals surface area contributed by atoms with Crippen LogP contribution in [0.4, 0.5) is 0 Å². The van der Waals surface area contributed by atoms with Crippen molar-refractivity contribution < 1.29 is 4.74 Å². The van der Waals surface area contributed by atoms with Crippen LogP contribution >= 0.6 is 0 Å². The maximum Gasteiger partial charge on any atom is 0.165 e. The van der Waals surface area contributed by atoms with Crippen LogP contribution in [0.15, 0.2) is 18.9 Å². The fourth-order valence-electron chi connectivity index (χ4n) is 1.98. The minimum Gasteiger partial charge on any atom is -0.355 e. The van der Waals surface area contributed by atoms with Gasteiger partial charge in [-0.3, -0.25) is 4.57 Å². The van der Waals surface area contributed by atoms with Gasteiger partial charge in [0.25, 0.3) is 0 Å². The third-order valence-electron chi connectivity index (χ3n) is 2.76. The summed E-state index contributed by atoms with van der Waals surface area (Å²) >= 11 is 0. The van der Waals surface area contributed by atoms with E-state index in [9.17, 15) is 0 Å². The molecule has 5 heteroatoms. The van der Waals surface area contributed by atoms with Gasteiger partial charge in [-0.1, -0.05) is 7.43 Å². The Hall–Kier alpha value is -1.49. The van der Waals surface area contributed by atoms with Crippen molar-refractivity contribution in [2.75, 3.05) is 0 Å². The van der Waals surface area contributed by atoms with Gasteiger partial charge in [0, 0.05) is 0 Å². The summed E-state index contributed by atoms with van der Waals surface area (Å²) in [6, 6.07) is 0. The molecule has 2 atom stereocenters. The zero-order valence-electron chi connectivity index (χ0n) is 8.50. The Bertz CT molecular complexity index is 482. The summed E-state index contributed by atoms with van der Waals surface area (Å²) in [7, 11) is 0. The van der Waals surface area contributed by atoms with Crippen LogP contribution in [0, 0.1) is 0 Å². The Balaban J connectivity index is 0.000000963. The number of fused-ring (bicyclic) bond motifs is 1. The maximum absolute atomic E-state index is 5.78. The minimum atomic E-state index is 0. The molecule has 2 aromatic rings. The molecule has 1 aliphatic heterocycles. The lowest BCUT2D eigenvalue weighted by molar-refractivity contribution is 0.0131. The lowest BCUT2D eigenvalue weighted by Crippen LogP contribution is -2.08. The Morgan fingerprint density at radius 1 is 1.38 bits per heavy atom. The smallest absolute Gasteiger partial charge is 0.165 e. The summed E-state index contributed by atoms with van der Waals surface area (Å²) in [6.07, 6.45) is 7.57. The summed E-state index contributed by atoms with van der Waals surface area (Å²) in [6.45, 7) is 2.09. The second kappa shape index (κ2) is 4.17. The molecule has 1 fully saturated rings. The van der Waals surface area contributed by atoms with E-state index in [4.69, 9.17) is 4.74 Å². The van der Waals surface area contributed by atoms with E-state index in [-0.39, 0.29) is 13.7 Å². The predicted molar refractivity (Wildman–Crippen MR) is 60.9 cm³/mol. The fraction of sp³-hybridized carbons (Fsp3) is 0.545. The summed E-state index contributed by atoms with van der Waals surface area (Å²) in [5.74, 6) is 0. The van der Waals surface area contributed by atoms with E-state index in [0.717, 1.165) is 24.0 Å². The average Bonchev–Trinajstić information content (AvgIpc) is 2.83. The van der Waals surface area contributed by atoms with Gasteiger partial charge in [0.05, 0.1) is 18.6 Å². The van der Waals surface area contributed by atoms with Gasteiger partial charge < -0.3 is 4.74 Å². The predicted octanol–water partition coefficient (Wildman–Crippen LogP) is 2.16. The van der Waals surface area contributed by atoms with Crippen molar-refractivity contribution in [1.29, 1.82) is 0 Å². The fourth-order valence-corrected chi connectivity index (χ4v) is 1.98. The Morgan fingerprint density at radius 3 is 3.00 bits per heavy atom. The molecule has 5 nitrogen and oxygen atoms in total. The van der Waals surface area contributed by atoms with Gasteiger partial charge in [-0.2, -0.15) is 0 Å². The third-order valence-corrected chi connectivity index (χ3v) is 2.76. The highest BCUT2D eigenvalue weighted by atomic mass is 16.5. The van der Waals surface area contributed by atoms with Gasteiger partial charge in [-0.05, 0) is 19.8 Å². The van der Waals surface area contributed by atoms with E-state index < -0.39 is 0 Å². The first-order valence-corrected chi connectivity index (χ1v) is 5.12. The Morgan fingerprint density at radius 2 is 2.25 bits per heavy atom. The van der Waals surface area contributed by atoms with Gasteiger partial charge in [-0.25, -0.2) is 15.0 Å². The van der Waals surface area contributed by atoms with Crippen molar-refractivity contribution in [3.8, 4) is 0 Å². The molecule has 2 aromatic heterocycles. The van der Waals surface area contributed by atoms with Crippen molar-refractivity contribution in [2.45, 2.75) is 39.5 Å². The first-order chi connectivity index (χ1) is 7.34. The topological polar surface area (TPSA) is 52.8 Å². The molecule has 0 saturated carbocycles. The lowest BCUT2D eigenvalue weighted by atomic mass is 10.2. The average molecular weight is 220 g/mol. The Labute approximate surface area is 94.5 Å². The van der Waals surface area contributed by atoms with Crippen molar-refractivity contribution in [3.63, 3.8) is 0 Å². The summed E-state index contributed by atoms with van der Waals surface area (Å²) in [5.41, 5.74) is 1.67. The van der Waals surface area contributed by atoms with Crippen LogP contribution in [0.3, 0.4) is 0 Å². The van der Waals surface area contributed by atoms with Crippen LogP contribution in [0.1, 0.15) is 33.4 Å². The monoisotopic (exact) mass is 220 g/mol. The third kappa shape index (κ3) is 1.67. The van der Waals surface area contributed by atoms with Crippen LogP contribution < -0.4 is 0 Å². The molecular formula is C11H16N4O. The molecule has 1 saturated heterocycles. The molecule has 2 unspecified atom stereocenters. The van der Waals surface area contributed by atoms with E-state index in [0.29, 0.717) is 6.10 Å². The summed E-state index contributed by atoms with van der Waals surface area (Å²) in [4.78, 5) is 12.4. The maximum atomic E-state index is 5.78. The number of aromatic nitrogens is 4. The van der Waals surface area contributed by atoms with Gasteiger partial charge in [0.2, 0.25) is 0 Å². The molecule has 0 amide bonds. The van der Waals surface area contributed by atoms with Crippen molar-refractivity contribution in [1.82, 2.24) is 19.5 Å². The van der Waals surface area contributed by atoms with Gasteiger partial charge in [0.15, 0.2) is 5.65 Å². The number of imidazole rings is 1. The van der Waals surface area contributed by atoms with Crippen LogP contribution in [-0.4, -0.2) is 25.6 Å². The number of nitrogens with zero attached hydrogens (tertiary/aromatic N) is 4. The number of rotatable bonds is 1. The minimum absolute atomic E-state index is 0. The molecule has 1 aliphatic rings. The molecule has 0 N–H and O–H groups in total. The van der Waals surface area contributed by atoms with Gasteiger partial charge in [-0.15, -0.1) is 0 Å². The van der Waals surface area contributed by atoms with E-state index >= 15 is 0 Å². The first-order valence-electron chi connectivity index (χ1n) is 5.12. The molecular weight excluding hydrogens is 204 g/mol. The molecule has 3 heterocycles. The largest absolute Gasteiger partial charge is 0.355 e. The normalized spacial score (nSPS) is 24.6. The van der Waals surface area contributed by atoms with E-state index in [1.807, 2.05) is 4.57 Å². The highest BCUT2D eigenvalue weighted by Gasteiger charge is 2.24. The molecule has 0 radical (unpaired) electrons. The van der Waals surface area contributed by atoms with E-state index in [2.05, 4.69) is 21.9 Å². The van der Waals surface area contributed by atoms with Gasteiger partial charge >= 0.3 is 0 Å². The quantitative estimate of drug-likeness (QED) is 0.739. The SMILES string of the molecule is C.CC1CCC(n2cnc3cncnc32)O1. The molecule has 0 spiro atoms. The van der Waals surface area contributed by atoms with Crippen LogP contribution in [-0.2, 0) is 4.74 Å². The molecule has 0 aliphatic carbocycles. The van der Waals surface area contributed by atoms with Crippen molar-refractivity contribution in [3.05, 3.63) is 18.9 Å². The van der Waals surface area contributed by atoms with Crippen molar-refractivity contribution >= 4 is 11.2 Å². The van der Waals surface area contributed by atoms with Crippen LogP contribution in [0.2, 0.25) is 0 Å². The Kier molecular flexibility index (Phi) is 2.87. The zero-order valence-corrected chi connectivity index (χ0v) is 8.50. The van der Waals surface area contributed by atoms with Crippen LogP contribution in [0.25, 0.3) is 11.2 Å². The molecule has 16 heavy (non-hydrogen) atoms. The molecule has 3 rings (SSSR count). The van der Waals surface area contributed by atoms with Crippen LogP contribution in [0.5, 0.6) is 0 Å². The van der Waals surface area contributed by atoms with E-state index in [1.54, 1.807) is 18.9 Å². The highest BCUT2D eigenvalue weighted by molar-refractivity contribution is 5.68. The standard InChI is InChI=1S/C10H12N4O.CH4/c1-7-2-3-9(15-7)14-6-13-8-4-11-5-12-10(8)14;/h4-7,9H,2-3H2,1H3;1H4. The molecule has 0 aromatic carbocycles. The number of ether oxygens (including phenoxy) is 1. The summed E-state index contributed by atoms with van der Waals surface area (Å²) in [5, 5.41) is 0. The van der Waals surface area contributed by atoms with Gasteiger partial charge in [0.1, 0.15) is 18.1 Å². The highest BCUT2D eigenvalue weighted by Crippen LogP contribution is 2.29. The molecule has 0 bridgehead atoms. The summed E-state index contributed by atoms with van der Waals surface area (Å²) < 4.78 is 7.76. The number of hydrogen-bond donors (Lipinski definition) is 0.